The lowest BCUT2D eigenvalue weighted by Gasteiger charge is -2.35. The van der Waals surface area contributed by atoms with Gasteiger partial charge in [0.25, 0.3) is 0 Å². The number of piperazine rings is 1. The van der Waals surface area contributed by atoms with Gasteiger partial charge in [-0.15, -0.1) is 0 Å². The molecule has 3 heterocycles. The van der Waals surface area contributed by atoms with Crippen LogP contribution in [0.3, 0.4) is 0 Å². The summed E-state index contributed by atoms with van der Waals surface area (Å²) in [7, 11) is 1.80. The van der Waals surface area contributed by atoms with Crippen molar-refractivity contribution < 1.29 is 14.1 Å². The van der Waals surface area contributed by atoms with E-state index in [0.29, 0.717) is 57.3 Å². The Labute approximate surface area is 211 Å². The molecule has 3 aromatic rings. The third-order valence-electron chi connectivity index (χ3n) is 6.62. The highest BCUT2D eigenvalue weighted by atomic mass is 16.5. The number of hydrogen-bond acceptors (Lipinski definition) is 7. The number of nitrogens with zero attached hydrogens (tertiary/aromatic N) is 7. The average molecular weight is 494 g/mol. The number of aromatic nitrogens is 4. The first-order chi connectivity index (χ1) is 17.4. The van der Waals surface area contributed by atoms with Crippen LogP contribution in [-0.2, 0) is 35.6 Å². The second-order valence-electron chi connectivity index (χ2n) is 9.47. The van der Waals surface area contributed by atoms with Crippen molar-refractivity contribution >= 4 is 11.8 Å². The molecule has 0 bridgehead atoms. The Morgan fingerprint density at radius 2 is 1.89 bits per heavy atom. The van der Waals surface area contributed by atoms with E-state index in [0.717, 1.165) is 24.5 Å². The van der Waals surface area contributed by atoms with Crippen molar-refractivity contribution in [2.75, 3.05) is 33.2 Å². The van der Waals surface area contributed by atoms with E-state index in [1.807, 2.05) is 59.8 Å². The van der Waals surface area contributed by atoms with Gasteiger partial charge in [0, 0.05) is 71.6 Å². The highest BCUT2D eigenvalue weighted by Gasteiger charge is 2.26. The fraction of sp³-hybridized carbons (Fsp3) is 0.500. The monoisotopic (exact) mass is 493 g/mol. The standard InChI is InChI=1S/C26H35N7O3/c1-20(17-33-12-11-27-21(33)2)26(35)32-15-13-31(14-16-32)19-23-28-24(36-29-23)9-10-25(34)30(3)18-22-7-5-4-6-8-22/h4-8,11-12,20H,9-10,13-19H2,1-3H3. The molecule has 10 heteroatoms. The van der Waals surface area contributed by atoms with Crippen LogP contribution < -0.4 is 0 Å². The molecule has 2 amide bonds. The first-order valence-corrected chi connectivity index (χ1v) is 12.5. The predicted molar refractivity (Wildman–Crippen MR) is 134 cm³/mol. The van der Waals surface area contributed by atoms with E-state index >= 15 is 0 Å². The van der Waals surface area contributed by atoms with Crippen molar-refractivity contribution in [3.63, 3.8) is 0 Å². The molecule has 1 atom stereocenters. The highest BCUT2D eigenvalue weighted by Crippen LogP contribution is 2.13. The summed E-state index contributed by atoms with van der Waals surface area (Å²) in [5.74, 6) is 2.12. The molecule has 1 fully saturated rings. The number of aryl methyl sites for hydroxylation is 2. The Balaban J connectivity index is 1.18. The fourth-order valence-corrected chi connectivity index (χ4v) is 4.41. The van der Waals surface area contributed by atoms with E-state index in [4.69, 9.17) is 4.52 Å². The molecule has 0 aliphatic carbocycles. The van der Waals surface area contributed by atoms with Gasteiger partial charge in [-0.3, -0.25) is 14.5 Å². The van der Waals surface area contributed by atoms with Crippen LogP contribution in [0.15, 0.2) is 47.2 Å². The minimum Gasteiger partial charge on any atom is -0.341 e. The lowest BCUT2D eigenvalue weighted by molar-refractivity contribution is -0.137. The average Bonchev–Trinajstić information content (AvgIpc) is 3.51. The van der Waals surface area contributed by atoms with Gasteiger partial charge in [-0.2, -0.15) is 4.98 Å². The summed E-state index contributed by atoms with van der Waals surface area (Å²) in [4.78, 5) is 39.9. The van der Waals surface area contributed by atoms with Gasteiger partial charge in [0.2, 0.25) is 17.7 Å². The molecule has 10 nitrogen and oxygen atoms in total. The maximum Gasteiger partial charge on any atom is 0.227 e. The maximum atomic E-state index is 12.9. The minimum absolute atomic E-state index is 0.0387. The maximum absolute atomic E-state index is 12.9. The Morgan fingerprint density at radius 3 is 2.58 bits per heavy atom. The molecule has 1 aliphatic rings. The topological polar surface area (TPSA) is 101 Å². The fourth-order valence-electron chi connectivity index (χ4n) is 4.41. The first kappa shape index (κ1) is 25.6. The number of rotatable bonds is 10. The quantitative estimate of drug-likeness (QED) is 0.427. The van der Waals surface area contributed by atoms with E-state index in [1.165, 1.54) is 0 Å². The normalized spacial score (nSPS) is 15.1. The molecule has 36 heavy (non-hydrogen) atoms. The van der Waals surface area contributed by atoms with Crippen LogP contribution in [0.5, 0.6) is 0 Å². The number of carbonyl (C=O) groups excluding carboxylic acids is 2. The van der Waals surface area contributed by atoms with E-state index in [1.54, 1.807) is 18.1 Å². The Bertz CT molecular complexity index is 1140. The van der Waals surface area contributed by atoms with Crippen molar-refractivity contribution in [3.8, 4) is 0 Å². The van der Waals surface area contributed by atoms with Gasteiger partial charge in [-0.1, -0.05) is 42.4 Å². The largest absolute Gasteiger partial charge is 0.341 e. The van der Waals surface area contributed by atoms with Crippen LogP contribution in [0.2, 0.25) is 0 Å². The van der Waals surface area contributed by atoms with Crippen LogP contribution in [0.1, 0.15) is 36.4 Å². The Hall–Kier alpha value is -3.53. The molecule has 0 N–H and O–H groups in total. The second kappa shape index (κ2) is 11.9. The van der Waals surface area contributed by atoms with Crippen LogP contribution >= 0.6 is 0 Å². The van der Waals surface area contributed by atoms with Gasteiger partial charge in [0.05, 0.1) is 12.5 Å². The van der Waals surface area contributed by atoms with Crippen molar-refractivity contribution in [1.82, 2.24) is 34.4 Å². The van der Waals surface area contributed by atoms with E-state index < -0.39 is 0 Å². The second-order valence-corrected chi connectivity index (χ2v) is 9.47. The number of imidazole rings is 1. The van der Waals surface area contributed by atoms with Crippen LogP contribution in [-0.4, -0.2) is 79.4 Å². The zero-order valence-corrected chi connectivity index (χ0v) is 21.3. The number of carbonyl (C=O) groups is 2. The zero-order chi connectivity index (χ0) is 25.5. The third-order valence-corrected chi connectivity index (χ3v) is 6.62. The smallest absolute Gasteiger partial charge is 0.227 e. The van der Waals surface area contributed by atoms with E-state index in [2.05, 4.69) is 20.0 Å². The third kappa shape index (κ3) is 6.78. The zero-order valence-electron chi connectivity index (χ0n) is 21.3. The van der Waals surface area contributed by atoms with Crippen LogP contribution in [0, 0.1) is 12.8 Å². The van der Waals surface area contributed by atoms with E-state index in [9.17, 15) is 9.59 Å². The van der Waals surface area contributed by atoms with Crippen molar-refractivity contribution in [2.24, 2.45) is 5.92 Å². The van der Waals surface area contributed by atoms with Gasteiger partial charge < -0.3 is 18.9 Å². The number of benzene rings is 1. The Kier molecular flexibility index (Phi) is 8.48. The van der Waals surface area contributed by atoms with Crippen molar-refractivity contribution in [2.45, 2.75) is 46.3 Å². The summed E-state index contributed by atoms with van der Waals surface area (Å²) >= 11 is 0. The molecule has 1 aromatic carbocycles. The summed E-state index contributed by atoms with van der Waals surface area (Å²) in [6.07, 6.45) is 4.41. The van der Waals surface area contributed by atoms with Gasteiger partial charge in [-0.05, 0) is 12.5 Å². The molecule has 4 rings (SSSR count). The summed E-state index contributed by atoms with van der Waals surface area (Å²) in [5, 5.41) is 4.09. The minimum atomic E-state index is -0.0985. The van der Waals surface area contributed by atoms with Gasteiger partial charge in [-0.25, -0.2) is 4.98 Å². The summed E-state index contributed by atoms with van der Waals surface area (Å²) in [5.41, 5.74) is 1.10. The predicted octanol–water partition coefficient (Wildman–Crippen LogP) is 2.15. The van der Waals surface area contributed by atoms with Crippen LogP contribution in [0.25, 0.3) is 0 Å². The first-order valence-electron chi connectivity index (χ1n) is 12.5. The molecular weight excluding hydrogens is 458 g/mol. The van der Waals surface area contributed by atoms with Gasteiger partial charge >= 0.3 is 0 Å². The molecule has 192 valence electrons. The van der Waals surface area contributed by atoms with Gasteiger partial charge in [0.1, 0.15) is 5.82 Å². The molecule has 1 aliphatic heterocycles. The lowest BCUT2D eigenvalue weighted by atomic mass is 10.1. The summed E-state index contributed by atoms with van der Waals surface area (Å²) in [6, 6.07) is 9.91. The molecule has 0 radical (unpaired) electrons. The van der Waals surface area contributed by atoms with Crippen LogP contribution in [0.4, 0.5) is 0 Å². The lowest BCUT2D eigenvalue weighted by Crippen LogP contribution is -2.50. The molecule has 1 saturated heterocycles. The van der Waals surface area contributed by atoms with Crippen molar-refractivity contribution in [3.05, 3.63) is 65.8 Å². The van der Waals surface area contributed by atoms with E-state index in [-0.39, 0.29) is 17.7 Å². The highest BCUT2D eigenvalue weighted by molar-refractivity contribution is 5.78. The molecule has 0 spiro atoms. The SMILES string of the molecule is Cc1nccn1CC(C)C(=O)N1CCN(Cc2noc(CCC(=O)N(C)Cc3ccccc3)n2)CC1. The van der Waals surface area contributed by atoms with Crippen molar-refractivity contribution in [1.29, 1.82) is 0 Å². The summed E-state index contributed by atoms with van der Waals surface area (Å²) in [6.45, 7) is 8.58. The summed E-state index contributed by atoms with van der Waals surface area (Å²) < 4.78 is 7.39. The molecular formula is C26H35N7O3. The molecule has 2 aromatic heterocycles. The van der Waals surface area contributed by atoms with Gasteiger partial charge in [0.15, 0.2) is 5.82 Å². The number of amides is 2. The number of hydrogen-bond donors (Lipinski definition) is 0. The molecule has 0 saturated carbocycles. The molecule has 1 unspecified atom stereocenters. The Morgan fingerprint density at radius 1 is 1.14 bits per heavy atom.